The highest BCUT2D eigenvalue weighted by Gasteiger charge is 2.09. The molecule has 0 bridgehead atoms. The summed E-state index contributed by atoms with van der Waals surface area (Å²) in [6.07, 6.45) is 1.54. The van der Waals surface area contributed by atoms with E-state index in [1.54, 1.807) is 7.11 Å². The molecular formula is C15H15Cl2N3OS. The number of hydrogen-bond donors (Lipinski definition) is 2. The monoisotopic (exact) mass is 355 g/mol. The van der Waals surface area contributed by atoms with Crippen LogP contribution < -0.4 is 15.4 Å². The van der Waals surface area contributed by atoms with Crippen molar-refractivity contribution in [2.75, 3.05) is 12.4 Å². The van der Waals surface area contributed by atoms with E-state index in [1.807, 2.05) is 31.2 Å². The first-order valence-electron chi connectivity index (χ1n) is 6.49. The number of halogens is 2. The van der Waals surface area contributed by atoms with Gasteiger partial charge in [-0.05, 0) is 42.4 Å². The number of anilines is 1. The molecule has 7 heteroatoms. The number of thiocarbonyl (C=S) groups is 1. The highest BCUT2D eigenvalue weighted by molar-refractivity contribution is 7.80. The highest BCUT2D eigenvalue weighted by Crippen LogP contribution is 2.28. The lowest BCUT2D eigenvalue weighted by Gasteiger charge is -2.12. The summed E-state index contributed by atoms with van der Waals surface area (Å²) in [6.45, 7) is 2.41. The van der Waals surface area contributed by atoms with Crippen molar-refractivity contribution in [2.24, 2.45) is 0 Å². The minimum Gasteiger partial charge on any atom is -0.497 e. The normalized spacial score (nSPS) is 10.2. The van der Waals surface area contributed by atoms with Gasteiger partial charge >= 0.3 is 0 Å². The van der Waals surface area contributed by atoms with Crippen LogP contribution in [0.2, 0.25) is 10.0 Å². The van der Waals surface area contributed by atoms with Crippen molar-refractivity contribution in [1.82, 2.24) is 10.3 Å². The standard InChI is InChI=1S/C15H15Cl2N3OS/c1-9-12(16)8-18-14(13(9)17)20-15(22)19-7-10-3-5-11(21-2)6-4-10/h3-6,8H,7H2,1-2H3,(H2,18,19,20,22). The predicted octanol–water partition coefficient (Wildman–Crippen LogP) is 4.19. The molecule has 0 aliphatic rings. The molecule has 0 saturated heterocycles. The Bertz CT molecular complexity index is 677. The number of benzene rings is 1. The second-order valence-electron chi connectivity index (χ2n) is 4.55. The minimum atomic E-state index is 0.437. The van der Waals surface area contributed by atoms with E-state index in [9.17, 15) is 0 Å². The van der Waals surface area contributed by atoms with Gasteiger partial charge in [0, 0.05) is 12.7 Å². The van der Waals surface area contributed by atoms with Gasteiger partial charge in [-0.3, -0.25) is 0 Å². The van der Waals surface area contributed by atoms with E-state index in [1.165, 1.54) is 6.20 Å². The van der Waals surface area contributed by atoms with Gasteiger partial charge < -0.3 is 15.4 Å². The topological polar surface area (TPSA) is 46.2 Å². The van der Waals surface area contributed by atoms with Crippen LogP contribution in [0.4, 0.5) is 5.82 Å². The molecule has 2 aromatic rings. The van der Waals surface area contributed by atoms with Crippen LogP contribution in [0.5, 0.6) is 5.75 Å². The maximum atomic E-state index is 6.18. The van der Waals surface area contributed by atoms with Crippen molar-refractivity contribution >= 4 is 46.4 Å². The number of nitrogens with zero attached hydrogens (tertiary/aromatic N) is 1. The molecule has 0 spiro atoms. The van der Waals surface area contributed by atoms with E-state index in [0.717, 1.165) is 16.9 Å². The lowest BCUT2D eigenvalue weighted by Crippen LogP contribution is -2.28. The molecule has 1 heterocycles. The van der Waals surface area contributed by atoms with Crippen LogP contribution in [0.15, 0.2) is 30.5 Å². The fourth-order valence-electron chi connectivity index (χ4n) is 1.72. The molecule has 1 aromatic carbocycles. The lowest BCUT2D eigenvalue weighted by atomic mass is 10.2. The van der Waals surface area contributed by atoms with Crippen LogP contribution >= 0.6 is 35.4 Å². The fraction of sp³-hybridized carbons (Fsp3) is 0.200. The molecular weight excluding hydrogens is 341 g/mol. The Morgan fingerprint density at radius 1 is 1.27 bits per heavy atom. The van der Waals surface area contributed by atoms with Gasteiger partial charge in [0.15, 0.2) is 10.9 Å². The van der Waals surface area contributed by atoms with Gasteiger partial charge in [0.25, 0.3) is 0 Å². The van der Waals surface area contributed by atoms with E-state index in [-0.39, 0.29) is 0 Å². The van der Waals surface area contributed by atoms with E-state index < -0.39 is 0 Å². The van der Waals surface area contributed by atoms with Crippen LogP contribution in [-0.2, 0) is 6.54 Å². The second-order valence-corrected chi connectivity index (χ2v) is 5.74. The van der Waals surface area contributed by atoms with E-state index in [4.69, 9.17) is 40.2 Å². The number of ether oxygens (including phenoxy) is 1. The molecule has 4 nitrogen and oxygen atoms in total. The van der Waals surface area contributed by atoms with Crippen molar-refractivity contribution in [3.8, 4) is 5.75 Å². The number of pyridine rings is 1. The third-order valence-corrected chi connectivity index (χ3v) is 4.14. The molecule has 0 aliphatic heterocycles. The summed E-state index contributed by atoms with van der Waals surface area (Å²) in [6, 6.07) is 7.72. The molecule has 2 rings (SSSR count). The SMILES string of the molecule is COc1ccc(CNC(=S)Nc2ncc(Cl)c(C)c2Cl)cc1. The van der Waals surface area contributed by atoms with Gasteiger partial charge in [-0.25, -0.2) is 4.98 Å². The zero-order valence-corrected chi connectivity index (χ0v) is 14.4. The zero-order chi connectivity index (χ0) is 16.1. The molecule has 0 atom stereocenters. The third kappa shape index (κ3) is 4.22. The van der Waals surface area contributed by atoms with Crippen molar-refractivity contribution in [1.29, 1.82) is 0 Å². The average Bonchev–Trinajstić information content (AvgIpc) is 2.54. The summed E-state index contributed by atoms with van der Waals surface area (Å²) in [5, 5.41) is 7.48. The van der Waals surface area contributed by atoms with Crippen molar-refractivity contribution < 1.29 is 4.74 Å². The maximum absolute atomic E-state index is 6.18. The Hall–Kier alpha value is -1.56. The van der Waals surface area contributed by atoms with E-state index in [0.29, 0.717) is 27.5 Å². The Labute approximate surface area is 144 Å². The second kappa shape index (κ2) is 7.63. The van der Waals surface area contributed by atoms with Crippen LogP contribution in [0.1, 0.15) is 11.1 Å². The highest BCUT2D eigenvalue weighted by atomic mass is 35.5. The number of methoxy groups -OCH3 is 1. The molecule has 1 aromatic heterocycles. The molecule has 2 N–H and O–H groups in total. The third-order valence-electron chi connectivity index (χ3n) is 3.05. The first-order chi connectivity index (χ1) is 10.5. The summed E-state index contributed by atoms with van der Waals surface area (Å²) < 4.78 is 5.12. The molecule has 0 amide bonds. The maximum Gasteiger partial charge on any atom is 0.172 e. The number of hydrogen-bond acceptors (Lipinski definition) is 3. The van der Waals surface area contributed by atoms with E-state index >= 15 is 0 Å². The van der Waals surface area contributed by atoms with Gasteiger partial charge in [-0.1, -0.05) is 35.3 Å². The zero-order valence-electron chi connectivity index (χ0n) is 12.1. The summed E-state index contributed by atoms with van der Waals surface area (Å²) in [4.78, 5) is 4.14. The van der Waals surface area contributed by atoms with Crippen molar-refractivity contribution in [2.45, 2.75) is 13.5 Å². The summed E-state index contributed by atoms with van der Waals surface area (Å²) in [5.41, 5.74) is 1.84. The van der Waals surface area contributed by atoms with Crippen molar-refractivity contribution in [3.05, 3.63) is 51.6 Å². The molecule has 22 heavy (non-hydrogen) atoms. The molecule has 116 valence electrons. The smallest absolute Gasteiger partial charge is 0.172 e. The van der Waals surface area contributed by atoms with Gasteiger partial charge in [0.1, 0.15) is 5.75 Å². The fourth-order valence-corrected chi connectivity index (χ4v) is 2.28. The lowest BCUT2D eigenvalue weighted by molar-refractivity contribution is 0.414. The van der Waals surface area contributed by atoms with Crippen LogP contribution in [0.3, 0.4) is 0 Å². The summed E-state index contributed by atoms with van der Waals surface area (Å²) in [7, 11) is 1.64. The van der Waals surface area contributed by atoms with Gasteiger partial charge in [-0.15, -0.1) is 0 Å². The molecule has 0 aliphatic carbocycles. The van der Waals surface area contributed by atoms with Crippen LogP contribution in [-0.4, -0.2) is 17.2 Å². The Morgan fingerprint density at radius 2 is 1.95 bits per heavy atom. The largest absolute Gasteiger partial charge is 0.497 e. The number of rotatable bonds is 4. The predicted molar refractivity (Wildman–Crippen MR) is 95.0 cm³/mol. The van der Waals surface area contributed by atoms with Gasteiger partial charge in [0.05, 0.1) is 17.2 Å². The minimum absolute atomic E-state index is 0.437. The van der Waals surface area contributed by atoms with Crippen LogP contribution in [0, 0.1) is 6.92 Å². The molecule has 0 unspecified atom stereocenters. The van der Waals surface area contributed by atoms with Gasteiger partial charge in [-0.2, -0.15) is 0 Å². The van der Waals surface area contributed by atoms with Crippen molar-refractivity contribution in [3.63, 3.8) is 0 Å². The Kier molecular flexibility index (Phi) is 5.83. The molecule has 0 fully saturated rings. The van der Waals surface area contributed by atoms with Gasteiger partial charge in [0.2, 0.25) is 0 Å². The van der Waals surface area contributed by atoms with E-state index in [2.05, 4.69) is 15.6 Å². The first kappa shape index (κ1) is 16.8. The summed E-state index contributed by atoms with van der Waals surface area (Å²) in [5.74, 6) is 1.30. The Morgan fingerprint density at radius 3 is 2.59 bits per heavy atom. The first-order valence-corrected chi connectivity index (χ1v) is 7.66. The number of nitrogens with one attached hydrogen (secondary N) is 2. The number of aromatic nitrogens is 1. The Balaban J connectivity index is 1.94. The quantitative estimate of drug-likeness (QED) is 0.805. The molecule has 0 saturated carbocycles. The average molecular weight is 356 g/mol. The van der Waals surface area contributed by atoms with Crippen LogP contribution in [0.25, 0.3) is 0 Å². The summed E-state index contributed by atoms with van der Waals surface area (Å²) >= 11 is 17.4. The molecule has 0 radical (unpaired) electrons.